The van der Waals surface area contributed by atoms with E-state index in [1.54, 1.807) is 6.20 Å². The summed E-state index contributed by atoms with van der Waals surface area (Å²) < 4.78 is 0. The van der Waals surface area contributed by atoms with E-state index in [9.17, 15) is 4.79 Å². The zero-order valence-electron chi connectivity index (χ0n) is 11.6. The molecule has 104 valence electrons. The first-order valence-electron chi connectivity index (χ1n) is 6.76. The third-order valence-electron chi connectivity index (χ3n) is 3.97. The van der Waals surface area contributed by atoms with Crippen molar-refractivity contribution >= 4 is 11.7 Å². The predicted octanol–water partition coefficient (Wildman–Crippen LogP) is 1.05. The van der Waals surface area contributed by atoms with Gasteiger partial charge in [0.25, 0.3) is 5.91 Å². The molecule has 5 heteroatoms. The van der Waals surface area contributed by atoms with Gasteiger partial charge in [-0.15, -0.1) is 0 Å². The smallest absolute Gasteiger partial charge is 0.252 e. The van der Waals surface area contributed by atoms with Crippen LogP contribution in [-0.2, 0) is 0 Å². The zero-order chi connectivity index (χ0) is 14.0. The van der Waals surface area contributed by atoms with Crippen molar-refractivity contribution in [2.75, 3.05) is 18.0 Å². The molecule has 0 radical (unpaired) electrons. The predicted molar refractivity (Wildman–Crippen MR) is 76.1 cm³/mol. The molecule has 4 N–H and O–H groups in total. The highest BCUT2D eigenvalue weighted by Gasteiger charge is 2.28. The van der Waals surface area contributed by atoms with Crippen molar-refractivity contribution < 1.29 is 4.79 Å². The second-order valence-corrected chi connectivity index (χ2v) is 5.37. The average molecular weight is 262 g/mol. The molecule has 1 amide bonds. The van der Waals surface area contributed by atoms with Crippen LogP contribution in [0, 0.1) is 12.8 Å². The van der Waals surface area contributed by atoms with Gasteiger partial charge in [0, 0.05) is 18.8 Å². The van der Waals surface area contributed by atoms with Gasteiger partial charge in [-0.05, 0) is 50.8 Å². The SMILES string of the molecule is Cc1ccnc(N2CC(CN)CCC2C)c1C(N)=O. The summed E-state index contributed by atoms with van der Waals surface area (Å²) in [6.07, 6.45) is 3.93. The summed E-state index contributed by atoms with van der Waals surface area (Å²) in [5.41, 5.74) is 12.7. The van der Waals surface area contributed by atoms with Gasteiger partial charge in [0.05, 0.1) is 5.56 Å². The van der Waals surface area contributed by atoms with Gasteiger partial charge in [0.2, 0.25) is 0 Å². The number of nitrogens with zero attached hydrogens (tertiary/aromatic N) is 2. The molecule has 0 aliphatic carbocycles. The van der Waals surface area contributed by atoms with E-state index in [2.05, 4.69) is 16.8 Å². The number of hydrogen-bond donors (Lipinski definition) is 2. The Kier molecular flexibility index (Phi) is 4.04. The van der Waals surface area contributed by atoms with E-state index >= 15 is 0 Å². The molecule has 1 aliphatic rings. The fraction of sp³-hybridized carbons (Fsp3) is 0.571. The van der Waals surface area contributed by atoms with Gasteiger partial charge in [-0.1, -0.05) is 0 Å². The van der Waals surface area contributed by atoms with E-state index in [1.165, 1.54) is 0 Å². The number of carbonyl (C=O) groups excluding carboxylic acids is 1. The average Bonchev–Trinajstić information content (AvgIpc) is 2.38. The van der Waals surface area contributed by atoms with Crippen LogP contribution in [0.25, 0.3) is 0 Å². The van der Waals surface area contributed by atoms with E-state index in [-0.39, 0.29) is 0 Å². The van der Waals surface area contributed by atoms with Gasteiger partial charge in [0.15, 0.2) is 0 Å². The van der Waals surface area contributed by atoms with Crippen molar-refractivity contribution in [2.45, 2.75) is 32.7 Å². The Labute approximate surface area is 114 Å². The first-order chi connectivity index (χ1) is 9.04. The number of primary amides is 1. The standard InChI is InChI=1S/C14H22N4O/c1-9-5-6-17-14(12(9)13(16)19)18-8-11(7-15)4-3-10(18)2/h5-6,10-11H,3-4,7-8,15H2,1-2H3,(H2,16,19). The highest BCUT2D eigenvalue weighted by atomic mass is 16.1. The molecular formula is C14H22N4O. The number of piperidine rings is 1. The summed E-state index contributed by atoms with van der Waals surface area (Å²) in [4.78, 5) is 18.2. The number of rotatable bonds is 3. The van der Waals surface area contributed by atoms with Crippen LogP contribution in [0.2, 0.25) is 0 Å². The normalized spacial score (nSPS) is 23.4. The summed E-state index contributed by atoms with van der Waals surface area (Å²) in [6.45, 7) is 5.55. The maximum atomic E-state index is 11.7. The van der Waals surface area contributed by atoms with Gasteiger partial charge >= 0.3 is 0 Å². The summed E-state index contributed by atoms with van der Waals surface area (Å²) in [5.74, 6) is 0.750. The first kappa shape index (κ1) is 13.8. The third-order valence-corrected chi connectivity index (χ3v) is 3.97. The molecule has 0 saturated carbocycles. The largest absolute Gasteiger partial charge is 0.365 e. The van der Waals surface area contributed by atoms with E-state index in [0.29, 0.717) is 29.9 Å². The molecule has 0 bridgehead atoms. The van der Waals surface area contributed by atoms with Crippen molar-refractivity contribution in [3.05, 3.63) is 23.4 Å². The Morgan fingerprint density at radius 3 is 2.89 bits per heavy atom. The Morgan fingerprint density at radius 2 is 2.26 bits per heavy atom. The minimum atomic E-state index is -0.414. The summed E-state index contributed by atoms with van der Waals surface area (Å²) >= 11 is 0. The van der Waals surface area contributed by atoms with E-state index in [4.69, 9.17) is 11.5 Å². The molecule has 1 aromatic rings. The molecule has 2 rings (SSSR count). The zero-order valence-corrected chi connectivity index (χ0v) is 11.6. The molecule has 0 aromatic carbocycles. The van der Waals surface area contributed by atoms with Gasteiger partial charge in [-0.3, -0.25) is 4.79 Å². The van der Waals surface area contributed by atoms with Gasteiger partial charge < -0.3 is 16.4 Å². The van der Waals surface area contributed by atoms with Crippen molar-refractivity contribution in [3.63, 3.8) is 0 Å². The van der Waals surface area contributed by atoms with Crippen molar-refractivity contribution in [1.82, 2.24) is 4.98 Å². The number of aromatic nitrogens is 1. The number of aryl methyl sites for hydroxylation is 1. The number of nitrogens with two attached hydrogens (primary N) is 2. The Balaban J connectivity index is 2.39. The van der Waals surface area contributed by atoms with Gasteiger partial charge in [0.1, 0.15) is 5.82 Å². The van der Waals surface area contributed by atoms with Crippen LogP contribution in [0.15, 0.2) is 12.3 Å². The third kappa shape index (κ3) is 2.71. The maximum absolute atomic E-state index is 11.7. The Morgan fingerprint density at radius 1 is 1.53 bits per heavy atom. The number of amides is 1. The monoisotopic (exact) mass is 262 g/mol. The molecule has 1 fully saturated rings. The molecule has 19 heavy (non-hydrogen) atoms. The Hall–Kier alpha value is -1.62. The summed E-state index contributed by atoms with van der Waals surface area (Å²) in [7, 11) is 0. The molecule has 2 heterocycles. The van der Waals surface area contributed by atoms with E-state index in [1.807, 2.05) is 13.0 Å². The topological polar surface area (TPSA) is 85.2 Å². The van der Waals surface area contributed by atoms with Crippen LogP contribution in [-0.4, -0.2) is 30.0 Å². The lowest BCUT2D eigenvalue weighted by Crippen LogP contribution is -2.45. The number of hydrogen-bond acceptors (Lipinski definition) is 4. The van der Waals surface area contributed by atoms with Crippen molar-refractivity contribution in [2.24, 2.45) is 17.4 Å². The lowest BCUT2D eigenvalue weighted by atomic mass is 9.93. The van der Waals surface area contributed by atoms with Crippen LogP contribution in [0.4, 0.5) is 5.82 Å². The van der Waals surface area contributed by atoms with Crippen LogP contribution in [0.3, 0.4) is 0 Å². The lowest BCUT2D eigenvalue weighted by Gasteiger charge is -2.39. The number of carbonyl (C=O) groups is 1. The van der Waals surface area contributed by atoms with Crippen LogP contribution in [0.1, 0.15) is 35.7 Å². The van der Waals surface area contributed by atoms with Gasteiger partial charge in [-0.25, -0.2) is 4.98 Å². The summed E-state index contributed by atoms with van der Waals surface area (Å²) in [5, 5.41) is 0. The van der Waals surface area contributed by atoms with Crippen LogP contribution >= 0.6 is 0 Å². The first-order valence-corrected chi connectivity index (χ1v) is 6.76. The van der Waals surface area contributed by atoms with Gasteiger partial charge in [-0.2, -0.15) is 0 Å². The quantitative estimate of drug-likeness (QED) is 0.852. The second kappa shape index (κ2) is 5.57. The fourth-order valence-electron chi connectivity index (χ4n) is 2.74. The molecule has 5 nitrogen and oxygen atoms in total. The lowest BCUT2D eigenvalue weighted by molar-refractivity contribution is 0.0999. The molecule has 2 atom stereocenters. The molecule has 2 unspecified atom stereocenters. The number of pyridine rings is 1. The van der Waals surface area contributed by atoms with E-state index < -0.39 is 5.91 Å². The minimum Gasteiger partial charge on any atom is -0.365 e. The van der Waals surface area contributed by atoms with E-state index in [0.717, 1.165) is 24.9 Å². The number of anilines is 1. The summed E-state index contributed by atoms with van der Waals surface area (Å²) in [6, 6.07) is 2.17. The molecule has 0 spiro atoms. The molecule has 1 aliphatic heterocycles. The van der Waals surface area contributed by atoms with Crippen LogP contribution < -0.4 is 16.4 Å². The molecule has 1 aromatic heterocycles. The Bertz CT molecular complexity index is 475. The minimum absolute atomic E-state index is 0.357. The van der Waals surface area contributed by atoms with Crippen molar-refractivity contribution in [1.29, 1.82) is 0 Å². The molecule has 1 saturated heterocycles. The fourth-order valence-corrected chi connectivity index (χ4v) is 2.74. The van der Waals surface area contributed by atoms with Crippen LogP contribution in [0.5, 0.6) is 0 Å². The second-order valence-electron chi connectivity index (χ2n) is 5.37. The maximum Gasteiger partial charge on any atom is 0.252 e. The molecular weight excluding hydrogens is 240 g/mol. The van der Waals surface area contributed by atoms with Crippen molar-refractivity contribution in [3.8, 4) is 0 Å². The highest BCUT2D eigenvalue weighted by molar-refractivity contribution is 5.99. The highest BCUT2D eigenvalue weighted by Crippen LogP contribution is 2.29.